The molecular weight excluding hydrogens is 225 g/mol. The summed E-state index contributed by atoms with van der Waals surface area (Å²) in [6.45, 7) is 0. The maximum absolute atomic E-state index is 12.8. The van der Waals surface area contributed by atoms with Crippen LogP contribution in [0.1, 0.15) is 23.5 Å². The first-order valence-corrected chi connectivity index (χ1v) is 5.98. The lowest BCUT2D eigenvalue weighted by Crippen LogP contribution is -1.98. The van der Waals surface area contributed by atoms with Crippen molar-refractivity contribution >= 4 is 0 Å². The van der Waals surface area contributed by atoms with Crippen LogP contribution in [-0.2, 0) is 6.42 Å². The first-order chi connectivity index (χ1) is 8.79. The van der Waals surface area contributed by atoms with Crippen LogP contribution in [0.4, 0.5) is 4.39 Å². The standard InChI is InChI=1S/C16H14FN/c17-16-10-8-14(9-11-16)15(12-18)7-6-13-4-2-1-3-5-13/h1-5,8-11,15H,6-7H2. The second kappa shape index (κ2) is 5.97. The number of rotatable bonds is 4. The maximum Gasteiger partial charge on any atom is 0.123 e. The zero-order valence-corrected chi connectivity index (χ0v) is 10.0. The zero-order chi connectivity index (χ0) is 12.8. The Balaban J connectivity index is 2.02. The summed E-state index contributed by atoms with van der Waals surface area (Å²) in [7, 11) is 0. The average molecular weight is 239 g/mol. The van der Waals surface area contributed by atoms with Gasteiger partial charge in [-0.25, -0.2) is 4.39 Å². The molecule has 0 aliphatic heterocycles. The molecule has 0 amide bonds. The number of aryl methyl sites for hydroxylation is 1. The predicted octanol–water partition coefficient (Wildman–Crippen LogP) is 4.07. The summed E-state index contributed by atoms with van der Waals surface area (Å²) in [6, 6.07) is 18.5. The minimum atomic E-state index is -0.265. The molecule has 1 unspecified atom stereocenters. The van der Waals surface area contributed by atoms with Crippen LogP contribution in [0.3, 0.4) is 0 Å². The Hall–Kier alpha value is -2.14. The van der Waals surface area contributed by atoms with Gasteiger partial charge in [-0.15, -0.1) is 0 Å². The highest BCUT2D eigenvalue weighted by atomic mass is 19.1. The van der Waals surface area contributed by atoms with Gasteiger partial charge >= 0.3 is 0 Å². The van der Waals surface area contributed by atoms with Crippen molar-refractivity contribution in [1.29, 1.82) is 5.26 Å². The molecule has 0 N–H and O–H groups in total. The Morgan fingerprint density at radius 1 is 1.00 bits per heavy atom. The van der Waals surface area contributed by atoms with Crippen molar-refractivity contribution in [1.82, 2.24) is 0 Å². The molecule has 0 aliphatic rings. The van der Waals surface area contributed by atoms with E-state index in [1.165, 1.54) is 17.7 Å². The lowest BCUT2D eigenvalue weighted by atomic mass is 9.93. The van der Waals surface area contributed by atoms with Crippen LogP contribution in [0.15, 0.2) is 54.6 Å². The highest BCUT2D eigenvalue weighted by Gasteiger charge is 2.10. The van der Waals surface area contributed by atoms with Gasteiger partial charge in [-0.3, -0.25) is 0 Å². The van der Waals surface area contributed by atoms with Crippen LogP contribution in [-0.4, -0.2) is 0 Å². The van der Waals surface area contributed by atoms with E-state index < -0.39 is 0 Å². The van der Waals surface area contributed by atoms with Crippen LogP contribution >= 0.6 is 0 Å². The van der Waals surface area contributed by atoms with Gasteiger partial charge in [-0.2, -0.15) is 5.26 Å². The molecule has 0 aliphatic carbocycles. The largest absolute Gasteiger partial charge is 0.207 e. The average Bonchev–Trinajstić information content (AvgIpc) is 2.42. The van der Waals surface area contributed by atoms with E-state index in [0.717, 1.165) is 18.4 Å². The van der Waals surface area contributed by atoms with Gasteiger partial charge in [0.05, 0.1) is 12.0 Å². The Bertz CT molecular complexity index is 525. The number of nitrogens with zero attached hydrogens (tertiary/aromatic N) is 1. The van der Waals surface area contributed by atoms with Gasteiger partial charge in [0, 0.05) is 0 Å². The fourth-order valence-electron chi connectivity index (χ4n) is 1.96. The molecule has 0 aromatic heterocycles. The SMILES string of the molecule is N#CC(CCc1ccccc1)c1ccc(F)cc1. The minimum Gasteiger partial charge on any atom is -0.207 e. The van der Waals surface area contributed by atoms with Crippen molar-refractivity contribution in [3.05, 3.63) is 71.5 Å². The van der Waals surface area contributed by atoms with Crippen LogP contribution in [0.2, 0.25) is 0 Å². The number of benzene rings is 2. The van der Waals surface area contributed by atoms with Gasteiger partial charge < -0.3 is 0 Å². The van der Waals surface area contributed by atoms with E-state index in [-0.39, 0.29) is 11.7 Å². The molecule has 0 heterocycles. The van der Waals surface area contributed by atoms with Crippen molar-refractivity contribution in [2.45, 2.75) is 18.8 Å². The summed E-state index contributed by atoms with van der Waals surface area (Å²) in [5.74, 6) is -0.440. The molecule has 0 bridgehead atoms. The molecular formula is C16H14FN. The molecule has 0 saturated heterocycles. The van der Waals surface area contributed by atoms with Crippen LogP contribution in [0.5, 0.6) is 0 Å². The molecule has 0 fully saturated rings. The Morgan fingerprint density at radius 3 is 2.28 bits per heavy atom. The van der Waals surface area contributed by atoms with E-state index in [4.69, 9.17) is 0 Å². The first kappa shape index (κ1) is 12.3. The summed E-state index contributed by atoms with van der Waals surface area (Å²) in [5, 5.41) is 9.18. The summed E-state index contributed by atoms with van der Waals surface area (Å²) < 4.78 is 12.8. The molecule has 18 heavy (non-hydrogen) atoms. The molecule has 0 spiro atoms. The zero-order valence-electron chi connectivity index (χ0n) is 10.0. The second-order valence-corrected chi connectivity index (χ2v) is 4.26. The van der Waals surface area contributed by atoms with Crippen LogP contribution < -0.4 is 0 Å². The van der Waals surface area contributed by atoms with E-state index in [1.54, 1.807) is 12.1 Å². The molecule has 2 rings (SSSR count). The van der Waals surface area contributed by atoms with Gasteiger partial charge in [0.25, 0.3) is 0 Å². The maximum atomic E-state index is 12.8. The van der Waals surface area contributed by atoms with Gasteiger partial charge in [-0.1, -0.05) is 42.5 Å². The number of halogens is 1. The van der Waals surface area contributed by atoms with Gasteiger partial charge in [-0.05, 0) is 36.1 Å². The smallest absolute Gasteiger partial charge is 0.123 e. The van der Waals surface area contributed by atoms with E-state index in [9.17, 15) is 9.65 Å². The highest BCUT2D eigenvalue weighted by Crippen LogP contribution is 2.21. The Kier molecular flexibility index (Phi) is 4.09. The second-order valence-electron chi connectivity index (χ2n) is 4.26. The highest BCUT2D eigenvalue weighted by molar-refractivity contribution is 5.26. The molecule has 0 radical (unpaired) electrons. The van der Waals surface area contributed by atoms with Gasteiger partial charge in [0.2, 0.25) is 0 Å². The third-order valence-electron chi connectivity index (χ3n) is 2.99. The lowest BCUT2D eigenvalue weighted by Gasteiger charge is -2.09. The predicted molar refractivity (Wildman–Crippen MR) is 69.5 cm³/mol. The van der Waals surface area contributed by atoms with Crippen molar-refractivity contribution < 1.29 is 4.39 Å². The normalized spacial score (nSPS) is 11.8. The van der Waals surface area contributed by atoms with Crippen molar-refractivity contribution in [3.63, 3.8) is 0 Å². The lowest BCUT2D eigenvalue weighted by molar-refractivity contribution is 0.625. The van der Waals surface area contributed by atoms with Crippen LogP contribution in [0, 0.1) is 17.1 Å². The van der Waals surface area contributed by atoms with E-state index in [0.29, 0.717) is 0 Å². The summed E-state index contributed by atoms with van der Waals surface area (Å²) >= 11 is 0. The van der Waals surface area contributed by atoms with E-state index in [1.807, 2.05) is 18.2 Å². The van der Waals surface area contributed by atoms with Crippen molar-refractivity contribution in [2.24, 2.45) is 0 Å². The molecule has 2 aromatic carbocycles. The Morgan fingerprint density at radius 2 is 1.67 bits per heavy atom. The topological polar surface area (TPSA) is 23.8 Å². The summed E-state index contributed by atoms with van der Waals surface area (Å²) in [5.41, 5.74) is 2.11. The monoisotopic (exact) mass is 239 g/mol. The molecule has 1 atom stereocenters. The third kappa shape index (κ3) is 3.18. The Labute approximate surface area is 107 Å². The van der Waals surface area contributed by atoms with Gasteiger partial charge in [0.15, 0.2) is 0 Å². The van der Waals surface area contributed by atoms with Crippen LogP contribution in [0.25, 0.3) is 0 Å². The van der Waals surface area contributed by atoms with E-state index >= 15 is 0 Å². The molecule has 2 heteroatoms. The fraction of sp³-hybridized carbons (Fsp3) is 0.188. The third-order valence-corrected chi connectivity index (χ3v) is 2.99. The summed E-state index contributed by atoms with van der Waals surface area (Å²) in [4.78, 5) is 0. The summed E-state index contributed by atoms with van der Waals surface area (Å²) in [6.07, 6.45) is 1.61. The number of nitriles is 1. The first-order valence-electron chi connectivity index (χ1n) is 5.98. The molecule has 2 aromatic rings. The molecule has 90 valence electrons. The number of hydrogen-bond donors (Lipinski definition) is 0. The van der Waals surface area contributed by atoms with E-state index in [2.05, 4.69) is 18.2 Å². The van der Waals surface area contributed by atoms with Crippen molar-refractivity contribution in [3.8, 4) is 6.07 Å². The minimum absolute atomic E-state index is 0.175. The molecule has 1 nitrogen and oxygen atoms in total. The number of hydrogen-bond acceptors (Lipinski definition) is 1. The van der Waals surface area contributed by atoms with Gasteiger partial charge in [0.1, 0.15) is 5.82 Å². The van der Waals surface area contributed by atoms with Crippen molar-refractivity contribution in [2.75, 3.05) is 0 Å². The fourth-order valence-corrected chi connectivity index (χ4v) is 1.96. The molecule has 0 saturated carbocycles. The quantitative estimate of drug-likeness (QED) is 0.789.